The van der Waals surface area contributed by atoms with Crippen LogP contribution in [-0.4, -0.2) is 0 Å². The van der Waals surface area contributed by atoms with E-state index in [1.54, 1.807) is 6.26 Å². The van der Waals surface area contributed by atoms with Crippen LogP contribution in [0.2, 0.25) is 0 Å². The summed E-state index contributed by atoms with van der Waals surface area (Å²) in [6.07, 6.45) is 7.80. The first kappa shape index (κ1) is 12.5. The zero-order valence-corrected chi connectivity index (χ0v) is 12.2. The van der Waals surface area contributed by atoms with Crippen LogP contribution in [0.1, 0.15) is 11.3 Å². The van der Waals surface area contributed by atoms with Crippen molar-refractivity contribution in [1.82, 2.24) is 0 Å². The van der Waals surface area contributed by atoms with E-state index in [1.165, 1.54) is 0 Å². The first-order valence-electron chi connectivity index (χ1n) is 7.52. The molecular weight excluding hydrogens is 288 g/mol. The summed E-state index contributed by atoms with van der Waals surface area (Å²) in [6.45, 7) is 0. The van der Waals surface area contributed by atoms with E-state index >= 15 is 0 Å². The third-order valence-corrected chi connectivity index (χ3v) is 4.40. The Labute approximate surface area is 131 Å². The van der Waals surface area contributed by atoms with Gasteiger partial charge in [-0.15, -0.1) is 0 Å². The van der Waals surface area contributed by atoms with Crippen LogP contribution in [0.5, 0.6) is 0 Å². The second-order valence-corrected chi connectivity index (χ2v) is 5.79. The molecule has 1 aliphatic carbocycles. The summed E-state index contributed by atoms with van der Waals surface area (Å²) in [6, 6.07) is 11.8. The Morgan fingerprint density at radius 3 is 2.74 bits per heavy atom. The first-order chi connectivity index (χ1) is 11.3. The lowest BCUT2D eigenvalue weighted by Gasteiger charge is -2.19. The molecule has 0 atom stereocenters. The van der Waals surface area contributed by atoms with Crippen LogP contribution >= 0.6 is 0 Å². The number of allylic oxidation sites excluding steroid dienone is 3. The fourth-order valence-corrected chi connectivity index (χ4v) is 3.23. The van der Waals surface area contributed by atoms with Gasteiger partial charge in [0.15, 0.2) is 5.43 Å². The molecule has 0 radical (unpaired) electrons. The molecule has 110 valence electrons. The van der Waals surface area contributed by atoms with Gasteiger partial charge in [-0.25, -0.2) is 0 Å². The highest BCUT2D eigenvalue weighted by molar-refractivity contribution is 5.96. The van der Waals surface area contributed by atoms with Crippen LogP contribution in [-0.2, 0) is 11.2 Å². The Kier molecular flexibility index (Phi) is 2.42. The fraction of sp³-hybridized carbons (Fsp3) is 0.0500. The fourth-order valence-electron chi connectivity index (χ4n) is 3.23. The SMILES string of the molecule is O=c1c2c(oc3cc4ccccc4cc13)C=C1OC=CC=C1C2. The second-order valence-electron chi connectivity index (χ2n) is 5.79. The van der Waals surface area contributed by atoms with Crippen LogP contribution < -0.4 is 5.43 Å². The Bertz CT molecular complexity index is 1130. The molecule has 3 aromatic rings. The number of hydrogen-bond acceptors (Lipinski definition) is 3. The van der Waals surface area contributed by atoms with Gasteiger partial charge in [0.25, 0.3) is 0 Å². The van der Waals surface area contributed by atoms with Gasteiger partial charge >= 0.3 is 0 Å². The van der Waals surface area contributed by atoms with Gasteiger partial charge in [0, 0.05) is 18.1 Å². The molecule has 5 rings (SSSR count). The number of ether oxygens (including phenoxy) is 1. The summed E-state index contributed by atoms with van der Waals surface area (Å²) < 4.78 is 11.5. The molecule has 0 unspecified atom stereocenters. The van der Waals surface area contributed by atoms with E-state index in [1.807, 2.05) is 54.6 Å². The average molecular weight is 300 g/mol. The minimum atomic E-state index is 0.0396. The van der Waals surface area contributed by atoms with Crippen LogP contribution in [0.3, 0.4) is 0 Å². The summed E-state index contributed by atoms with van der Waals surface area (Å²) in [5.41, 5.74) is 2.36. The molecule has 1 aromatic heterocycles. The summed E-state index contributed by atoms with van der Waals surface area (Å²) in [5.74, 6) is 1.35. The molecule has 0 amide bonds. The summed E-state index contributed by atoms with van der Waals surface area (Å²) in [4.78, 5) is 12.9. The van der Waals surface area contributed by atoms with E-state index in [0.29, 0.717) is 28.7 Å². The molecule has 2 aromatic carbocycles. The normalized spacial score (nSPS) is 15.7. The molecule has 3 heteroatoms. The van der Waals surface area contributed by atoms with Crippen molar-refractivity contribution >= 4 is 27.8 Å². The monoisotopic (exact) mass is 300 g/mol. The largest absolute Gasteiger partial charge is 0.465 e. The van der Waals surface area contributed by atoms with Crippen LogP contribution in [0.15, 0.2) is 75.4 Å². The Morgan fingerprint density at radius 1 is 1.04 bits per heavy atom. The maximum absolute atomic E-state index is 12.9. The predicted octanol–water partition coefficient (Wildman–Crippen LogP) is 4.31. The smallest absolute Gasteiger partial charge is 0.196 e. The lowest BCUT2D eigenvalue weighted by Crippen LogP contribution is -2.17. The average Bonchev–Trinajstić information content (AvgIpc) is 2.59. The number of fused-ring (bicyclic) bond motifs is 4. The van der Waals surface area contributed by atoms with E-state index in [9.17, 15) is 4.79 Å². The zero-order chi connectivity index (χ0) is 15.4. The molecule has 2 heterocycles. The zero-order valence-electron chi connectivity index (χ0n) is 12.2. The van der Waals surface area contributed by atoms with Crippen LogP contribution in [0, 0.1) is 0 Å². The molecule has 0 saturated heterocycles. The van der Waals surface area contributed by atoms with E-state index in [4.69, 9.17) is 9.15 Å². The number of hydrogen-bond donors (Lipinski definition) is 0. The Balaban J connectivity index is 1.85. The van der Waals surface area contributed by atoms with E-state index in [-0.39, 0.29) is 5.43 Å². The lowest BCUT2D eigenvalue weighted by atomic mass is 9.94. The van der Waals surface area contributed by atoms with Crippen LogP contribution in [0.25, 0.3) is 27.8 Å². The highest BCUT2D eigenvalue weighted by Crippen LogP contribution is 2.32. The molecule has 0 bridgehead atoms. The van der Waals surface area contributed by atoms with Gasteiger partial charge in [-0.05, 0) is 34.6 Å². The third-order valence-electron chi connectivity index (χ3n) is 4.40. The minimum Gasteiger partial charge on any atom is -0.465 e. The van der Waals surface area contributed by atoms with Crippen molar-refractivity contribution in [1.29, 1.82) is 0 Å². The van der Waals surface area contributed by atoms with Crippen molar-refractivity contribution in [3.63, 3.8) is 0 Å². The molecular formula is C20H12O3. The molecule has 0 saturated carbocycles. The molecule has 0 fully saturated rings. The van der Waals surface area contributed by atoms with E-state index in [0.717, 1.165) is 22.1 Å². The van der Waals surface area contributed by atoms with Crippen molar-refractivity contribution in [2.45, 2.75) is 6.42 Å². The molecule has 0 N–H and O–H groups in total. The molecule has 1 aliphatic heterocycles. The molecule has 0 spiro atoms. The summed E-state index contributed by atoms with van der Waals surface area (Å²) in [5, 5.41) is 2.73. The molecule has 3 nitrogen and oxygen atoms in total. The van der Waals surface area contributed by atoms with Gasteiger partial charge in [-0.2, -0.15) is 0 Å². The van der Waals surface area contributed by atoms with Crippen molar-refractivity contribution in [3.05, 3.63) is 87.7 Å². The topological polar surface area (TPSA) is 39.4 Å². The third kappa shape index (κ3) is 1.80. The maximum atomic E-state index is 12.9. The molecule has 23 heavy (non-hydrogen) atoms. The highest BCUT2D eigenvalue weighted by atomic mass is 16.5. The number of benzene rings is 2. The number of rotatable bonds is 0. The standard InChI is InChI=1S/C20H12O3/c21-20-15-8-12-4-1-2-5-13(12)10-18(15)23-19-11-17-14(9-16(19)20)6-3-7-22-17/h1-8,10-11H,9H2. The van der Waals surface area contributed by atoms with Gasteiger partial charge in [0.2, 0.25) is 0 Å². The van der Waals surface area contributed by atoms with Crippen molar-refractivity contribution in [2.24, 2.45) is 0 Å². The molecule has 2 aliphatic rings. The van der Waals surface area contributed by atoms with E-state index < -0.39 is 0 Å². The first-order valence-corrected chi connectivity index (χ1v) is 7.52. The van der Waals surface area contributed by atoms with Gasteiger partial charge in [-0.1, -0.05) is 30.3 Å². The summed E-state index contributed by atoms with van der Waals surface area (Å²) in [7, 11) is 0. The second kappa shape index (κ2) is 4.46. The van der Waals surface area contributed by atoms with Gasteiger partial charge in [0.1, 0.15) is 17.1 Å². The Morgan fingerprint density at radius 2 is 1.87 bits per heavy atom. The highest BCUT2D eigenvalue weighted by Gasteiger charge is 2.23. The predicted molar refractivity (Wildman–Crippen MR) is 90.0 cm³/mol. The van der Waals surface area contributed by atoms with Crippen molar-refractivity contribution in [3.8, 4) is 0 Å². The van der Waals surface area contributed by atoms with Gasteiger partial charge in [0.05, 0.1) is 11.6 Å². The van der Waals surface area contributed by atoms with Crippen molar-refractivity contribution < 1.29 is 9.15 Å². The van der Waals surface area contributed by atoms with Gasteiger partial charge < -0.3 is 9.15 Å². The quantitative estimate of drug-likeness (QED) is 0.581. The Hall–Kier alpha value is -3.07. The van der Waals surface area contributed by atoms with Crippen molar-refractivity contribution in [2.75, 3.05) is 0 Å². The minimum absolute atomic E-state index is 0.0396. The van der Waals surface area contributed by atoms with E-state index in [2.05, 4.69) is 0 Å². The summed E-state index contributed by atoms with van der Waals surface area (Å²) >= 11 is 0. The lowest BCUT2D eigenvalue weighted by molar-refractivity contribution is 0.355. The maximum Gasteiger partial charge on any atom is 0.196 e. The van der Waals surface area contributed by atoms with Crippen LogP contribution in [0.4, 0.5) is 0 Å². The van der Waals surface area contributed by atoms with Gasteiger partial charge in [-0.3, -0.25) is 4.79 Å².